The van der Waals surface area contributed by atoms with Gasteiger partial charge in [-0.3, -0.25) is 0 Å². The van der Waals surface area contributed by atoms with Crippen LogP contribution in [0.15, 0.2) is 24.3 Å². The van der Waals surface area contributed by atoms with Gasteiger partial charge < -0.3 is 10.1 Å². The van der Waals surface area contributed by atoms with E-state index in [9.17, 15) is 0 Å². The lowest BCUT2D eigenvalue weighted by Crippen LogP contribution is -2.07. The maximum atomic E-state index is 5.71. The Hall–Kier alpha value is -1.97. The number of nitrogens with zero attached hydrogens (tertiary/aromatic N) is 2. The second kappa shape index (κ2) is 4.96. The van der Waals surface area contributed by atoms with Crippen molar-refractivity contribution in [2.75, 3.05) is 18.5 Å². The van der Waals surface area contributed by atoms with Crippen LogP contribution in [0, 0.1) is 0 Å². The number of aromatic nitrogens is 2. The second-order valence-electron chi connectivity index (χ2n) is 4.62. The van der Waals surface area contributed by atoms with Crippen molar-refractivity contribution in [2.24, 2.45) is 0 Å². The molecule has 1 N–H and O–H groups in total. The molecule has 0 bridgehead atoms. The zero-order chi connectivity index (χ0) is 13.2. The molecule has 3 rings (SSSR count). The maximum Gasteiger partial charge on any atom is 0.145 e. The number of nitrogens with one attached hydrogen (secondary N) is 1. The van der Waals surface area contributed by atoms with Crippen LogP contribution in [0.4, 0.5) is 5.82 Å². The predicted molar refractivity (Wildman–Crippen MR) is 76.3 cm³/mol. The second-order valence-corrected chi connectivity index (χ2v) is 4.62. The summed E-state index contributed by atoms with van der Waals surface area (Å²) in [6.45, 7) is 5.81. The Balaban J connectivity index is 2.12. The van der Waals surface area contributed by atoms with E-state index in [0.717, 1.165) is 36.6 Å². The average Bonchev–Trinajstić information content (AvgIpc) is 3.01. The van der Waals surface area contributed by atoms with Crippen molar-refractivity contribution >= 4 is 5.82 Å². The molecule has 1 aromatic heterocycles. The number of hydrogen-bond acceptors (Lipinski definition) is 3. The molecule has 0 atom stereocenters. The summed E-state index contributed by atoms with van der Waals surface area (Å²) < 4.78 is 7.70. The lowest BCUT2D eigenvalue weighted by molar-refractivity contribution is 0.338. The molecule has 19 heavy (non-hydrogen) atoms. The quantitative estimate of drug-likeness (QED) is 0.915. The first-order chi connectivity index (χ1) is 9.35. The Morgan fingerprint density at radius 2 is 2.16 bits per heavy atom. The molecule has 0 amide bonds. The molecule has 0 saturated carbocycles. The Labute approximate surface area is 113 Å². The van der Waals surface area contributed by atoms with Crippen molar-refractivity contribution in [3.05, 3.63) is 35.5 Å². The zero-order valence-corrected chi connectivity index (χ0v) is 11.4. The van der Waals surface area contributed by atoms with Gasteiger partial charge in [0.25, 0.3) is 0 Å². The van der Waals surface area contributed by atoms with Gasteiger partial charge in [0.2, 0.25) is 0 Å². The number of aryl methyl sites for hydroxylation is 1. The van der Waals surface area contributed by atoms with E-state index in [-0.39, 0.29) is 0 Å². The number of para-hydroxylation sites is 2. The molecule has 1 aliphatic rings. The Morgan fingerprint density at radius 3 is 2.95 bits per heavy atom. The molecule has 2 heterocycles. The highest BCUT2D eigenvalue weighted by atomic mass is 16.5. The summed E-state index contributed by atoms with van der Waals surface area (Å²) in [4.78, 5) is 0. The van der Waals surface area contributed by atoms with Gasteiger partial charge >= 0.3 is 0 Å². The maximum absolute atomic E-state index is 5.71. The molecule has 0 fully saturated rings. The van der Waals surface area contributed by atoms with Crippen LogP contribution >= 0.6 is 0 Å². The van der Waals surface area contributed by atoms with Crippen LogP contribution in [0.2, 0.25) is 0 Å². The van der Waals surface area contributed by atoms with Crippen LogP contribution in [0.3, 0.4) is 0 Å². The van der Waals surface area contributed by atoms with Crippen molar-refractivity contribution < 1.29 is 4.74 Å². The zero-order valence-electron chi connectivity index (χ0n) is 11.4. The van der Waals surface area contributed by atoms with Gasteiger partial charge in [-0.2, -0.15) is 5.10 Å². The van der Waals surface area contributed by atoms with Gasteiger partial charge in [0.05, 0.1) is 12.3 Å². The molecule has 4 nitrogen and oxygen atoms in total. The van der Waals surface area contributed by atoms with Gasteiger partial charge in [-0.1, -0.05) is 19.1 Å². The number of ether oxygens (including phenoxy) is 1. The highest BCUT2D eigenvalue weighted by Crippen LogP contribution is 2.32. The summed E-state index contributed by atoms with van der Waals surface area (Å²) in [7, 11) is 0. The predicted octanol–water partition coefficient (Wildman–Crippen LogP) is 2.80. The third kappa shape index (κ3) is 1.97. The van der Waals surface area contributed by atoms with Gasteiger partial charge in [-0.05, 0) is 31.9 Å². The minimum absolute atomic E-state index is 0.661. The van der Waals surface area contributed by atoms with E-state index in [0.29, 0.717) is 6.61 Å². The summed E-state index contributed by atoms with van der Waals surface area (Å²) in [6.07, 6.45) is 2.03. The molecule has 100 valence electrons. The summed E-state index contributed by atoms with van der Waals surface area (Å²) >= 11 is 0. The molecule has 0 saturated heterocycles. The fourth-order valence-corrected chi connectivity index (χ4v) is 2.61. The molecule has 0 spiro atoms. The fourth-order valence-electron chi connectivity index (χ4n) is 2.61. The molecule has 1 aliphatic heterocycles. The normalized spacial score (nSPS) is 13.2. The van der Waals surface area contributed by atoms with Gasteiger partial charge in [0.15, 0.2) is 0 Å². The minimum Gasteiger partial charge on any atom is -0.492 e. The standard InChI is InChI=1S/C15H19N3O/c1-3-12-11-9-10-16-15(11)18(17-12)13-7-5-6-8-14(13)19-4-2/h5-8,16H,3-4,9-10H2,1-2H3. The highest BCUT2D eigenvalue weighted by molar-refractivity contribution is 5.60. The first kappa shape index (κ1) is 12.1. The molecule has 1 aromatic carbocycles. The van der Waals surface area contributed by atoms with E-state index in [4.69, 9.17) is 9.84 Å². The monoisotopic (exact) mass is 257 g/mol. The van der Waals surface area contributed by atoms with Crippen LogP contribution in [0.25, 0.3) is 5.69 Å². The topological polar surface area (TPSA) is 39.1 Å². The smallest absolute Gasteiger partial charge is 0.145 e. The average molecular weight is 257 g/mol. The van der Waals surface area contributed by atoms with Gasteiger partial charge in [-0.15, -0.1) is 0 Å². The van der Waals surface area contributed by atoms with Crippen molar-refractivity contribution in [3.8, 4) is 11.4 Å². The largest absolute Gasteiger partial charge is 0.492 e. The molecular formula is C15H19N3O. The van der Waals surface area contributed by atoms with Crippen LogP contribution in [-0.2, 0) is 12.8 Å². The van der Waals surface area contributed by atoms with Gasteiger partial charge in [-0.25, -0.2) is 4.68 Å². The van der Waals surface area contributed by atoms with Crippen LogP contribution in [-0.4, -0.2) is 22.9 Å². The Kier molecular flexibility index (Phi) is 3.15. The van der Waals surface area contributed by atoms with Crippen LogP contribution < -0.4 is 10.1 Å². The number of anilines is 1. The summed E-state index contributed by atoms with van der Waals surface area (Å²) in [5.74, 6) is 2.01. The number of hydrogen-bond donors (Lipinski definition) is 1. The SMILES string of the molecule is CCOc1ccccc1-n1nc(CC)c2c1NCC2. The fraction of sp³-hybridized carbons (Fsp3) is 0.400. The lowest BCUT2D eigenvalue weighted by atomic mass is 10.2. The summed E-state index contributed by atoms with van der Waals surface area (Å²) in [5, 5.41) is 8.17. The van der Waals surface area contributed by atoms with Gasteiger partial charge in [0.1, 0.15) is 17.3 Å². The van der Waals surface area contributed by atoms with Crippen molar-refractivity contribution in [2.45, 2.75) is 26.7 Å². The molecule has 4 heteroatoms. The molecular weight excluding hydrogens is 238 g/mol. The molecule has 0 radical (unpaired) electrons. The first-order valence-corrected chi connectivity index (χ1v) is 6.92. The Morgan fingerprint density at radius 1 is 1.32 bits per heavy atom. The van der Waals surface area contributed by atoms with E-state index >= 15 is 0 Å². The van der Waals surface area contributed by atoms with Gasteiger partial charge in [0, 0.05) is 12.1 Å². The molecule has 2 aromatic rings. The van der Waals surface area contributed by atoms with E-state index in [1.807, 2.05) is 29.8 Å². The van der Waals surface area contributed by atoms with E-state index in [1.165, 1.54) is 11.3 Å². The van der Waals surface area contributed by atoms with E-state index in [1.54, 1.807) is 0 Å². The van der Waals surface area contributed by atoms with Crippen LogP contribution in [0.1, 0.15) is 25.1 Å². The summed E-state index contributed by atoms with van der Waals surface area (Å²) in [5.41, 5.74) is 3.55. The van der Waals surface area contributed by atoms with E-state index < -0.39 is 0 Å². The van der Waals surface area contributed by atoms with Crippen molar-refractivity contribution in [1.82, 2.24) is 9.78 Å². The first-order valence-electron chi connectivity index (χ1n) is 6.92. The number of rotatable bonds is 4. The van der Waals surface area contributed by atoms with Crippen molar-refractivity contribution in [3.63, 3.8) is 0 Å². The van der Waals surface area contributed by atoms with E-state index in [2.05, 4.69) is 18.3 Å². The third-order valence-corrected chi connectivity index (χ3v) is 3.46. The van der Waals surface area contributed by atoms with Crippen molar-refractivity contribution in [1.29, 1.82) is 0 Å². The molecule has 0 aliphatic carbocycles. The third-order valence-electron chi connectivity index (χ3n) is 3.46. The van der Waals surface area contributed by atoms with Crippen LogP contribution in [0.5, 0.6) is 5.75 Å². The number of benzene rings is 1. The number of fused-ring (bicyclic) bond motifs is 1. The Bertz CT molecular complexity index is 589. The summed E-state index contributed by atoms with van der Waals surface area (Å²) in [6, 6.07) is 8.06. The highest BCUT2D eigenvalue weighted by Gasteiger charge is 2.23. The lowest BCUT2D eigenvalue weighted by Gasteiger charge is -2.12. The molecule has 0 unspecified atom stereocenters. The minimum atomic E-state index is 0.661.